The van der Waals surface area contributed by atoms with Crippen LogP contribution in [0.25, 0.3) is 0 Å². The highest BCUT2D eigenvalue weighted by Crippen LogP contribution is 2.48. The van der Waals surface area contributed by atoms with Crippen LogP contribution in [0.4, 0.5) is 5.69 Å². The summed E-state index contributed by atoms with van der Waals surface area (Å²) in [6.07, 6.45) is 2.82. The first-order chi connectivity index (χ1) is 10.3. The number of hydrogen-bond acceptors (Lipinski definition) is 2. The minimum atomic E-state index is -0.0199. The highest BCUT2D eigenvalue weighted by molar-refractivity contribution is 5.83. The van der Waals surface area contributed by atoms with Crippen molar-refractivity contribution < 1.29 is 4.79 Å². The molecule has 2 aliphatic rings. The van der Waals surface area contributed by atoms with E-state index < -0.39 is 0 Å². The normalized spacial score (nSPS) is 17.4. The molecule has 1 amide bonds. The second-order valence-corrected chi connectivity index (χ2v) is 5.98. The minimum Gasteiger partial charge on any atom is -0.314 e. The molecule has 3 nitrogen and oxygen atoms in total. The Hall–Kier alpha value is -2.60. The van der Waals surface area contributed by atoms with Crippen LogP contribution in [-0.2, 0) is 23.1 Å². The lowest BCUT2D eigenvalue weighted by molar-refractivity contribution is -0.107. The number of rotatable bonds is 1. The molecule has 21 heavy (non-hydrogen) atoms. The molecule has 1 aliphatic carbocycles. The molecule has 2 aromatic rings. The van der Waals surface area contributed by atoms with Gasteiger partial charge in [-0.1, -0.05) is 30.3 Å². The van der Waals surface area contributed by atoms with Gasteiger partial charge in [0.25, 0.3) is 0 Å². The van der Waals surface area contributed by atoms with E-state index in [9.17, 15) is 4.79 Å². The van der Waals surface area contributed by atoms with Gasteiger partial charge in [-0.15, -0.1) is 0 Å². The lowest BCUT2D eigenvalue weighted by atomic mass is 9.79. The van der Waals surface area contributed by atoms with Crippen LogP contribution < -0.4 is 4.90 Å². The molecule has 0 aromatic heterocycles. The van der Waals surface area contributed by atoms with Crippen molar-refractivity contribution in [3.63, 3.8) is 0 Å². The highest BCUT2D eigenvalue weighted by Gasteiger charge is 2.46. The number of anilines is 1. The molecule has 0 radical (unpaired) electrons. The van der Waals surface area contributed by atoms with E-state index in [1.165, 1.54) is 16.7 Å². The molecular weight excluding hydrogens is 260 g/mol. The number of hydrogen-bond donors (Lipinski definition) is 0. The van der Waals surface area contributed by atoms with Gasteiger partial charge in [0.15, 0.2) is 0 Å². The summed E-state index contributed by atoms with van der Waals surface area (Å²) in [6, 6.07) is 16.4. The molecule has 4 rings (SSSR count). The van der Waals surface area contributed by atoms with Gasteiger partial charge in [-0.25, -0.2) is 0 Å². The van der Waals surface area contributed by atoms with Gasteiger partial charge in [-0.3, -0.25) is 4.79 Å². The quantitative estimate of drug-likeness (QED) is 0.750. The van der Waals surface area contributed by atoms with Crippen LogP contribution in [-0.4, -0.2) is 13.0 Å². The first-order valence-electron chi connectivity index (χ1n) is 7.09. The third-order valence-corrected chi connectivity index (χ3v) is 4.78. The van der Waals surface area contributed by atoms with Crippen molar-refractivity contribution >= 4 is 12.1 Å². The molecule has 0 saturated heterocycles. The Kier molecular flexibility index (Phi) is 2.43. The van der Waals surface area contributed by atoms with E-state index in [1.807, 2.05) is 18.2 Å². The SMILES string of the molecule is N#Cc1ccc2c(c1)N(C=O)CC21Cc2ccccc2C1. The number of nitriles is 1. The maximum atomic E-state index is 11.4. The molecule has 102 valence electrons. The van der Waals surface area contributed by atoms with Gasteiger partial charge in [0, 0.05) is 17.6 Å². The monoisotopic (exact) mass is 274 g/mol. The van der Waals surface area contributed by atoms with E-state index in [0.29, 0.717) is 12.1 Å². The van der Waals surface area contributed by atoms with Gasteiger partial charge >= 0.3 is 0 Å². The number of carbonyl (C=O) groups is 1. The van der Waals surface area contributed by atoms with Crippen LogP contribution in [0.15, 0.2) is 42.5 Å². The molecule has 1 aliphatic heterocycles. The third kappa shape index (κ3) is 1.62. The van der Waals surface area contributed by atoms with Crippen LogP contribution >= 0.6 is 0 Å². The number of benzene rings is 2. The molecular formula is C18H14N2O. The van der Waals surface area contributed by atoms with Crippen molar-refractivity contribution in [3.05, 3.63) is 64.7 Å². The van der Waals surface area contributed by atoms with Crippen molar-refractivity contribution in [2.45, 2.75) is 18.3 Å². The fourth-order valence-electron chi connectivity index (χ4n) is 3.87. The summed E-state index contributed by atoms with van der Waals surface area (Å²) < 4.78 is 0. The zero-order valence-corrected chi connectivity index (χ0v) is 11.5. The number of amides is 1. The molecule has 1 heterocycles. The van der Waals surface area contributed by atoms with Crippen LogP contribution in [0, 0.1) is 11.3 Å². The van der Waals surface area contributed by atoms with Gasteiger partial charge in [-0.2, -0.15) is 5.26 Å². The number of carbonyl (C=O) groups excluding carboxylic acids is 1. The molecule has 0 bridgehead atoms. The van der Waals surface area contributed by atoms with Crippen molar-refractivity contribution in [2.24, 2.45) is 0 Å². The fraction of sp³-hybridized carbons (Fsp3) is 0.222. The second-order valence-electron chi connectivity index (χ2n) is 5.98. The molecule has 2 aromatic carbocycles. The smallest absolute Gasteiger partial charge is 0.214 e. The summed E-state index contributed by atoms with van der Waals surface area (Å²) in [5.41, 5.74) is 5.43. The van der Waals surface area contributed by atoms with Crippen molar-refractivity contribution in [2.75, 3.05) is 11.4 Å². The van der Waals surface area contributed by atoms with E-state index >= 15 is 0 Å². The van der Waals surface area contributed by atoms with E-state index in [4.69, 9.17) is 5.26 Å². The fourth-order valence-corrected chi connectivity index (χ4v) is 3.87. The van der Waals surface area contributed by atoms with Gasteiger partial charge in [0.1, 0.15) is 0 Å². The summed E-state index contributed by atoms with van der Waals surface area (Å²) in [5.74, 6) is 0. The van der Waals surface area contributed by atoms with Crippen molar-refractivity contribution in [1.82, 2.24) is 0 Å². The Bertz CT molecular complexity index is 763. The number of nitrogens with zero attached hydrogens (tertiary/aromatic N) is 2. The van der Waals surface area contributed by atoms with Gasteiger partial charge in [-0.05, 0) is 41.7 Å². The zero-order valence-electron chi connectivity index (χ0n) is 11.5. The van der Waals surface area contributed by atoms with Crippen LogP contribution in [0.3, 0.4) is 0 Å². The Labute approximate surface area is 123 Å². The topological polar surface area (TPSA) is 44.1 Å². The Morgan fingerprint density at radius 2 is 1.86 bits per heavy atom. The Morgan fingerprint density at radius 1 is 1.14 bits per heavy atom. The van der Waals surface area contributed by atoms with Gasteiger partial charge in [0.2, 0.25) is 6.41 Å². The molecule has 0 N–H and O–H groups in total. The largest absolute Gasteiger partial charge is 0.314 e. The third-order valence-electron chi connectivity index (χ3n) is 4.78. The average Bonchev–Trinajstić information content (AvgIpc) is 3.04. The van der Waals surface area contributed by atoms with E-state index in [2.05, 4.69) is 30.3 Å². The summed E-state index contributed by atoms with van der Waals surface area (Å²) in [4.78, 5) is 13.2. The van der Waals surface area contributed by atoms with Crippen LogP contribution in [0.1, 0.15) is 22.3 Å². The lowest BCUT2D eigenvalue weighted by Gasteiger charge is -2.23. The summed E-state index contributed by atoms with van der Waals surface area (Å²) >= 11 is 0. The van der Waals surface area contributed by atoms with Gasteiger partial charge in [0.05, 0.1) is 11.6 Å². The van der Waals surface area contributed by atoms with Crippen molar-refractivity contribution in [3.8, 4) is 6.07 Å². The summed E-state index contributed by atoms with van der Waals surface area (Å²) in [7, 11) is 0. The minimum absolute atomic E-state index is 0.0199. The van der Waals surface area contributed by atoms with E-state index in [1.54, 1.807) is 4.90 Å². The van der Waals surface area contributed by atoms with Crippen LogP contribution in [0.5, 0.6) is 0 Å². The predicted octanol–water partition coefficient (Wildman–Crippen LogP) is 2.57. The lowest BCUT2D eigenvalue weighted by Crippen LogP contribution is -2.33. The molecule has 0 unspecified atom stereocenters. The first-order valence-corrected chi connectivity index (χ1v) is 7.09. The maximum absolute atomic E-state index is 11.4. The molecule has 0 fully saturated rings. The molecule has 3 heteroatoms. The standard InChI is InChI=1S/C18H14N2O/c19-10-13-5-6-16-17(7-13)20(12-21)11-18(16)8-14-3-1-2-4-15(14)9-18/h1-7,12H,8-9,11H2. The average molecular weight is 274 g/mol. The zero-order chi connectivity index (χ0) is 14.4. The van der Waals surface area contributed by atoms with E-state index in [0.717, 1.165) is 24.9 Å². The highest BCUT2D eigenvalue weighted by atomic mass is 16.1. The molecule has 0 saturated carbocycles. The summed E-state index contributed by atoms with van der Waals surface area (Å²) in [6.45, 7) is 0.704. The molecule has 0 atom stereocenters. The van der Waals surface area contributed by atoms with Gasteiger partial charge < -0.3 is 4.90 Å². The summed E-state index contributed by atoms with van der Waals surface area (Å²) in [5, 5.41) is 9.07. The Balaban J connectivity index is 1.85. The van der Waals surface area contributed by atoms with Crippen LogP contribution in [0.2, 0.25) is 0 Å². The maximum Gasteiger partial charge on any atom is 0.214 e. The molecule has 1 spiro atoms. The Morgan fingerprint density at radius 3 is 2.48 bits per heavy atom. The second kappa shape index (κ2) is 4.20. The van der Waals surface area contributed by atoms with E-state index in [-0.39, 0.29) is 5.41 Å². The first kappa shape index (κ1) is 12.2. The van der Waals surface area contributed by atoms with Crippen molar-refractivity contribution in [1.29, 1.82) is 5.26 Å². The number of fused-ring (bicyclic) bond motifs is 3. The predicted molar refractivity (Wildman–Crippen MR) is 80.1 cm³/mol.